The third-order valence-electron chi connectivity index (χ3n) is 4.15. The minimum Gasteiger partial charge on any atom is -0.335 e. The van der Waals surface area contributed by atoms with Crippen LogP contribution in [0.15, 0.2) is 22.7 Å². The van der Waals surface area contributed by atoms with E-state index in [0.717, 1.165) is 32.1 Å². The molecule has 2 aromatic rings. The number of hydrogen-bond donors (Lipinski definition) is 2. The van der Waals surface area contributed by atoms with Crippen molar-refractivity contribution in [2.24, 2.45) is 0 Å². The largest absolute Gasteiger partial charge is 0.335 e. The van der Waals surface area contributed by atoms with Gasteiger partial charge in [0, 0.05) is 29.5 Å². The first kappa shape index (κ1) is 18.8. The van der Waals surface area contributed by atoms with Gasteiger partial charge in [0.1, 0.15) is 0 Å². The zero-order valence-electron chi connectivity index (χ0n) is 14.4. The second-order valence-electron chi connectivity index (χ2n) is 6.12. The van der Waals surface area contributed by atoms with Crippen molar-refractivity contribution in [2.45, 2.75) is 56.3 Å². The van der Waals surface area contributed by atoms with Gasteiger partial charge in [0.25, 0.3) is 0 Å². The molecule has 8 nitrogen and oxygen atoms in total. The fourth-order valence-corrected chi connectivity index (χ4v) is 4.37. The van der Waals surface area contributed by atoms with Crippen molar-refractivity contribution >= 4 is 35.0 Å². The van der Waals surface area contributed by atoms with E-state index in [0.29, 0.717) is 17.5 Å². The lowest BCUT2D eigenvalue weighted by Crippen LogP contribution is -2.43. The number of aryl methyl sites for hydroxylation is 2. The second kappa shape index (κ2) is 9.67. The molecule has 0 aromatic carbocycles. The Hall–Kier alpha value is -1.94. The highest BCUT2D eigenvalue weighted by Crippen LogP contribution is 2.18. The smallest absolute Gasteiger partial charge is 0.321 e. The van der Waals surface area contributed by atoms with Gasteiger partial charge >= 0.3 is 6.03 Å². The molecule has 3 rings (SSSR count). The van der Waals surface area contributed by atoms with Gasteiger partial charge in [-0.3, -0.25) is 10.1 Å². The van der Waals surface area contributed by atoms with Gasteiger partial charge in [0.05, 0.1) is 6.54 Å². The summed E-state index contributed by atoms with van der Waals surface area (Å²) in [5.41, 5.74) is 0. The van der Waals surface area contributed by atoms with E-state index in [1.807, 2.05) is 11.4 Å². The van der Waals surface area contributed by atoms with E-state index in [-0.39, 0.29) is 18.4 Å². The maximum atomic E-state index is 11.9. The monoisotopic (exact) mass is 394 g/mol. The molecule has 10 heteroatoms. The number of rotatable bonds is 8. The standard InChI is InChI=1S/C16H22N6O2S2/c23-14(18-15(24)17-12-4-1-2-5-12)8-11-26-16-19-20-21-22(16)9-7-13-6-3-10-25-13/h3,6,10,12H,1-2,4-5,7-9,11H2,(H2,17,18,23,24). The number of amides is 3. The Kier molecular flexibility index (Phi) is 7.01. The zero-order valence-corrected chi connectivity index (χ0v) is 16.0. The van der Waals surface area contributed by atoms with E-state index < -0.39 is 6.03 Å². The van der Waals surface area contributed by atoms with Gasteiger partial charge in [-0.1, -0.05) is 30.7 Å². The van der Waals surface area contributed by atoms with Crippen molar-refractivity contribution in [3.05, 3.63) is 22.4 Å². The van der Waals surface area contributed by atoms with Crippen LogP contribution < -0.4 is 10.6 Å². The summed E-state index contributed by atoms with van der Waals surface area (Å²) in [5, 5.41) is 19.7. The summed E-state index contributed by atoms with van der Waals surface area (Å²) < 4.78 is 1.75. The van der Waals surface area contributed by atoms with Crippen molar-refractivity contribution in [3.8, 4) is 0 Å². The van der Waals surface area contributed by atoms with Gasteiger partial charge in [0.15, 0.2) is 0 Å². The molecule has 2 heterocycles. The first-order chi connectivity index (χ1) is 12.7. The Bertz CT molecular complexity index is 712. The molecule has 2 aromatic heterocycles. The maximum Gasteiger partial charge on any atom is 0.321 e. The lowest BCUT2D eigenvalue weighted by atomic mass is 10.2. The Morgan fingerprint density at radius 2 is 2.19 bits per heavy atom. The van der Waals surface area contributed by atoms with Crippen molar-refractivity contribution in [2.75, 3.05) is 5.75 Å². The van der Waals surface area contributed by atoms with Crippen LogP contribution in [0, 0.1) is 0 Å². The number of tetrazole rings is 1. The first-order valence-corrected chi connectivity index (χ1v) is 10.6. The number of urea groups is 1. The third kappa shape index (κ3) is 5.80. The molecule has 0 unspecified atom stereocenters. The second-order valence-corrected chi connectivity index (χ2v) is 8.21. The van der Waals surface area contributed by atoms with Gasteiger partial charge in [-0.25, -0.2) is 9.48 Å². The molecule has 2 N–H and O–H groups in total. The number of thioether (sulfide) groups is 1. The van der Waals surface area contributed by atoms with Gasteiger partial charge in [-0.2, -0.15) is 0 Å². The Labute approximate surface area is 160 Å². The molecule has 0 radical (unpaired) electrons. The molecule has 0 aliphatic heterocycles. The highest BCUT2D eigenvalue weighted by atomic mass is 32.2. The van der Waals surface area contributed by atoms with Gasteiger partial charge in [0.2, 0.25) is 11.1 Å². The average Bonchev–Trinajstić information content (AvgIpc) is 3.36. The van der Waals surface area contributed by atoms with E-state index in [2.05, 4.69) is 32.2 Å². The van der Waals surface area contributed by atoms with Crippen LogP contribution >= 0.6 is 23.1 Å². The zero-order chi connectivity index (χ0) is 18.2. The number of nitrogens with one attached hydrogen (secondary N) is 2. The molecule has 1 aliphatic carbocycles. The van der Waals surface area contributed by atoms with Crippen LogP contribution in [0.5, 0.6) is 0 Å². The molecule has 26 heavy (non-hydrogen) atoms. The van der Waals surface area contributed by atoms with Crippen LogP contribution in [0.2, 0.25) is 0 Å². The first-order valence-electron chi connectivity index (χ1n) is 8.72. The van der Waals surface area contributed by atoms with Crippen molar-refractivity contribution in [3.63, 3.8) is 0 Å². The number of imide groups is 1. The fourth-order valence-electron chi connectivity index (χ4n) is 2.83. The number of hydrogen-bond acceptors (Lipinski definition) is 7. The highest BCUT2D eigenvalue weighted by molar-refractivity contribution is 7.99. The lowest BCUT2D eigenvalue weighted by molar-refractivity contribution is -0.119. The summed E-state index contributed by atoms with van der Waals surface area (Å²) in [6.07, 6.45) is 5.36. The summed E-state index contributed by atoms with van der Waals surface area (Å²) in [6.45, 7) is 0.700. The maximum absolute atomic E-state index is 11.9. The van der Waals surface area contributed by atoms with E-state index in [1.165, 1.54) is 16.6 Å². The van der Waals surface area contributed by atoms with Crippen LogP contribution in [0.25, 0.3) is 0 Å². The molecule has 0 spiro atoms. The summed E-state index contributed by atoms with van der Waals surface area (Å²) in [5.74, 6) is 0.229. The molecule has 3 amide bonds. The predicted octanol–water partition coefficient (Wildman–Crippen LogP) is 2.23. The molecule has 1 aliphatic rings. The van der Waals surface area contributed by atoms with Crippen LogP contribution in [-0.4, -0.2) is 43.9 Å². The summed E-state index contributed by atoms with van der Waals surface area (Å²) in [4.78, 5) is 24.9. The molecular weight excluding hydrogens is 372 g/mol. The molecule has 1 fully saturated rings. The summed E-state index contributed by atoms with van der Waals surface area (Å²) in [6, 6.07) is 3.91. The van der Waals surface area contributed by atoms with Gasteiger partial charge in [-0.15, -0.1) is 16.4 Å². The Balaban J connectivity index is 1.35. The van der Waals surface area contributed by atoms with Crippen molar-refractivity contribution < 1.29 is 9.59 Å². The quantitative estimate of drug-likeness (QED) is 0.666. The molecule has 0 saturated heterocycles. The van der Waals surface area contributed by atoms with Crippen molar-refractivity contribution in [1.29, 1.82) is 0 Å². The van der Waals surface area contributed by atoms with E-state index in [4.69, 9.17) is 0 Å². The summed E-state index contributed by atoms with van der Waals surface area (Å²) in [7, 11) is 0. The Morgan fingerprint density at radius 1 is 1.35 bits per heavy atom. The fraction of sp³-hybridized carbons (Fsp3) is 0.562. The molecule has 1 saturated carbocycles. The van der Waals surface area contributed by atoms with E-state index in [9.17, 15) is 9.59 Å². The van der Waals surface area contributed by atoms with E-state index in [1.54, 1.807) is 16.0 Å². The predicted molar refractivity (Wildman–Crippen MR) is 100 cm³/mol. The minimum atomic E-state index is -0.396. The van der Waals surface area contributed by atoms with Gasteiger partial charge in [-0.05, 0) is 34.7 Å². The number of carbonyl (C=O) groups excluding carboxylic acids is 2. The van der Waals surface area contributed by atoms with Gasteiger partial charge < -0.3 is 5.32 Å². The third-order valence-corrected chi connectivity index (χ3v) is 6.05. The number of carbonyl (C=O) groups is 2. The van der Waals surface area contributed by atoms with Crippen molar-refractivity contribution in [1.82, 2.24) is 30.8 Å². The average molecular weight is 395 g/mol. The van der Waals surface area contributed by atoms with Crippen LogP contribution in [0.3, 0.4) is 0 Å². The SMILES string of the molecule is O=C(CCSc1nnnn1CCc1cccs1)NC(=O)NC1CCCC1. The van der Waals surface area contributed by atoms with Crippen LogP contribution in [0.1, 0.15) is 37.0 Å². The highest BCUT2D eigenvalue weighted by Gasteiger charge is 2.18. The molecule has 0 atom stereocenters. The normalized spacial score (nSPS) is 14.5. The minimum absolute atomic E-state index is 0.199. The molecular formula is C16H22N6O2S2. The van der Waals surface area contributed by atoms with Crippen LogP contribution in [-0.2, 0) is 17.8 Å². The molecule has 140 valence electrons. The summed E-state index contributed by atoms with van der Waals surface area (Å²) >= 11 is 3.13. The molecule has 0 bridgehead atoms. The van der Waals surface area contributed by atoms with E-state index >= 15 is 0 Å². The lowest BCUT2D eigenvalue weighted by Gasteiger charge is -2.12. The Morgan fingerprint density at radius 3 is 2.96 bits per heavy atom. The number of thiophene rings is 1. The topological polar surface area (TPSA) is 102 Å². The van der Waals surface area contributed by atoms with Crippen LogP contribution in [0.4, 0.5) is 4.79 Å². The number of aromatic nitrogens is 4. The number of nitrogens with zero attached hydrogens (tertiary/aromatic N) is 4.